The van der Waals surface area contributed by atoms with Gasteiger partial charge in [0.05, 0.1) is 6.10 Å². The SMILES string of the molecule is CC(C)Oc1ccc2c(c1)c(CCO)cn2C. The lowest BCUT2D eigenvalue weighted by Gasteiger charge is -2.10. The van der Waals surface area contributed by atoms with E-state index in [1.54, 1.807) is 0 Å². The molecular formula is C14H19NO2. The molecular weight excluding hydrogens is 214 g/mol. The Bertz CT molecular complexity index is 514. The fourth-order valence-electron chi connectivity index (χ4n) is 2.12. The highest BCUT2D eigenvalue weighted by Gasteiger charge is 2.08. The van der Waals surface area contributed by atoms with Gasteiger partial charge in [0.25, 0.3) is 0 Å². The second-order valence-electron chi connectivity index (χ2n) is 4.58. The summed E-state index contributed by atoms with van der Waals surface area (Å²) >= 11 is 0. The molecule has 0 saturated carbocycles. The van der Waals surface area contributed by atoms with Crippen molar-refractivity contribution < 1.29 is 9.84 Å². The van der Waals surface area contributed by atoms with Crippen molar-refractivity contribution in [1.82, 2.24) is 4.57 Å². The van der Waals surface area contributed by atoms with Gasteiger partial charge in [0.1, 0.15) is 5.75 Å². The van der Waals surface area contributed by atoms with Gasteiger partial charge < -0.3 is 14.4 Å². The number of aryl methyl sites for hydroxylation is 1. The lowest BCUT2D eigenvalue weighted by Crippen LogP contribution is -2.05. The standard InChI is InChI=1S/C14H19NO2/c1-10(2)17-12-4-5-14-13(8-12)11(6-7-16)9-15(14)3/h4-5,8-10,16H,6-7H2,1-3H3. The molecule has 3 nitrogen and oxygen atoms in total. The Morgan fingerprint density at radius 1 is 1.35 bits per heavy atom. The van der Waals surface area contributed by atoms with Gasteiger partial charge in [-0.2, -0.15) is 0 Å². The predicted octanol–water partition coefficient (Wildman–Crippen LogP) is 2.50. The summed E-state index contributed by atoms with van der Waals surface area (Å²) in [6, 6.07) is 6.11. The number of fused-ring (bicyclic) bond motifs is 1. The molecule has 0 aliphatic carbocycles. The number of nitrogens with zero attached hydrogens (tertiary/aromatic N) is 1. The van der Waals surface area contributed by atoms with E-state index in [2.05, 4.69) is 22.9 Å². The van der Waals surface area contributed by atoms with Crippen LogP contribution in [0.2, 0.25) is 0 Å². The average Bonchev–Trinajstić information content (AvgIpc) is 2.55. The first-order valence-corrected chi connectivity index (χ1v) is 5.97. The first-order chi connectivity index (χ1) is 8.11. The molecule has 0 radical (unpaired) electrons. The number of rotatable bonds is 4. The predicted molar refractivity (Wildman–Crippen MR) is 69.5 cm³/mol. The van der Waals surface area contributed by atoms with Crippen LogP contribution < -0.4 is 4.74 Å². The molecule has 17 heavy (non-hydrogen) atoms. The van der Waals surface area contributed by atoms with Gasteiger partial charge >= 0.3 is 0 Å². The monoisotopic (exact) mass is 233 g/mol. The average molecular weight is 233 g/mol. The largest absolute Gasteiger partial charge is 0.491 e. The van der Waals surface area contributed by atoms with Crippen molar-refractivity contribution in [3.8, 4) is 5.75 Å². The van der Waals surface area contributed by atoms with Crippen molar-refractivity contribution in [3.05, 3.63) is 30.0 Å². The maximum absolute atomic E-state index is 9.06. The van der Waals surface area contributed by atoms with Crippen molar-refractivity contribution in [3.63, 3.8) is 0 Å². The lowest BCUT2D eigenvalue weighted by molar-refractivity contribution is 0.242. The van der Waals surface area contributed by atoms with Crippen LogP contribution in [0.5, 0.6) is 5.75 Å². The molecule has 0 saturated heterocycles. The van der Waals surface area contributed by atoms with Gasteiger partial charge in [-0.25, -0.2) is 0 Å². The van der Waals surface area contributed by atoms with Crippen LogP contribution in [-0.2, 0) is 13.5 Å². The first-order valence-electron chi connectivity index (χ1n) is 5.97. The summed E-state index contributed by atoms with van der Waals surface area (Å²) in [5.74, 6) is 0.887. The summed E-state index contributed by atoms with van der Waals surface area (Å²) in [5, 5.41) is 10.2. The zero-order valence-electron chi connectivity index (χ0n) is 10.6. The zero-order chi connectivity index (χ0) is 12.4. The van der Waals surface area contributed by atoms with E-state index < -0.39 is 0 Å². The number of benzene rings is 1. The molecule has 1 aromatic carbocycles. The third kappa shape index (κ3) is 2.44. The maximum atomic E-state index is 9.06. The van der Waals surface area contributed by atoms with Gasteiger partial charge in [0, 0.05) is 30.8 Å². The van der Waals surface area contributed by atoms with Gasteiger partial charge in [-0.3, -0.25) is 0 Å². The summed E-state index contributed by atoms with van der Waals surface area (Å²) in [5.41, 5.74) is 2.34. The molecule has 0 unspecified atom stereocenters. The molecule has 92 valence electrons. The van der Waals surface area contributed by atoms with Crippen molar-refractivity contribution in [2.75, 3.05) is 6.61 Å². The summed E-state index contributed by atoms with van der Waals surface area (Å²) in [4.78, 5) is 0. The normalized spacial score (nSPS) is 11.4. The highest BCUT2D eigenvalue weighted by Crippen LogP contribution is 2.26. The summed E-state index contributed by atoms with van der Waals surface area (Å²) in [6.45, 7) is 4.21. The fourth-order valence-corrected chi connectivity index (χ4v) is 2.12. The molecule has 0 amide bonds. The van der Waals surface area contributed by atoms with Gasteiger partial charge in [-0.1, -0.05) is 0 Å². The van der Waals surface area contributed by atoms with E-state index in [9.17, 15) is 0 Å². The van der Waals surface area contributed by atoms with Crippen LogP contribution >= 0.6 is 0 Å². The first kappa shape index (κ1) is 12.0. The second-order valence-corrected chi connectivity index (χ2v) is 4.58. The summed E-state index contributed by atoms with van der Waals surface area (Å²) in [7, 11) is 2.02. The molecule has 0 aliphatic rings. The van der Waals surface area contributed by atoms with E-state index in [1.165, 1.54) is 16.5 Å². The Morgan fingerprint density at radius 2 is 2.12 bits per heavy atom. The van der Waals surface area contributed by atoms with E-state index in [-0.39, 0.29) is 12.7 Å². The molecule has 1 aromatic heterocycles. The molecule has 2 rings (SSSR count). The van der Waals surface area contributed by atoms with Crippen LogP contribution in [0.4, 0.5) is 0 Å². The second kappa shape index (κ2) is 4.80. The molecule has 2 aromatic rings. The molecule has 0 bridgehead atoms. The van der Waals surface area contributed by atoms with Crippen molar-refractivity contribution in [2.24, 2.45) is 7.05 Å². The van der Waals surface area contributed by atoms with Gasteiger partial charge in [-0.05, 0) is 44.0 Å². The van der Waals surface area contributed by atoms with E-state index in [0.717, 1.165) is 5.75 Å². The molecule has 0 aliphatic heterocycles. The summed E-state index contributed by atoms with van der Waals surface area (Å²) < 4.78 is 7.78. The van der Waals surface area contributed by atoms with Crippen LogP contribution in [0.15, 0.2) is 24.4 Å². The molecule has 1 N–H and O–H groups in total. The number of ether oxygens (including phenoxy) is 1. The van der Waals surface area contributed by atoms with Crippen molar-refractivity contribution in [1.29, 1.82) is 0 Å². The van der Waals surface area contributed by atoms with Gasteiger partial charge in [0.15, 0.2) is 0 Å². The highest BCUT2D eigenvalue weighted by atomic mass is 16.5. The minimum atomic E-state index is 0.175. The highest BCUT2D eigenvalue weighted by molar-refractivity contribution is 5.85. The number of aliphatic hydroxyl groups is 1. The van der Waals surface area contributed by atoms with E-state index in [4.69, 9.17) is 9.84 Å². The number of aromatic nitrogens is 1. The minimum Gasteiger partial charge on any atom is -0.491 e. The molecule has 0 spiro atoms. The Kier molecular flexibility index (Phi) is 3.38. The number of hydrogen-bond acceptors (Lipinski definition) is 2. The van der Waals surface area contributed by atoms with Gasteiger partial charge in [0.2, 0.25) is 0 Å². The van der Waals surface area contributed by atoms with Crippen LogP contribution in [0.1, 0.15) is 19.4 Å². The quantitative estimate of drug-likeness (QED) is 0.880. The minimum absolute atomic E-state index is 0.175. The molecule has 0 fully saturated rings. The molecule has 3 heteroatoms. The number of aliphatic hydroxyl groups excluding tert-OH is 1. The number of hydrogen-bond donors (Lipinski definition) is 1. The van der Waals surface area contributed by atoms with Crippen LogP contribution in [-0.4, -0.2) is 22.4 Å². The van der Waals surface area contributed by atoms with E-state index in [0.29, 0.717) is 6.42 Å². The lowest BCUT2D eigenvalue weighted by atomic mass is 10.1. The Labute approximate surface area is 102 Å². The van der Waals surface area contributed by atoms with Gasteiger partial charge in [-0.15, -0.1) is 0 Å². The smallest absolute Gasteiger partial charge is 0.120 e. The fraction of sp³-hybridized carbons (Fsp3) is 0.429. The van der Waals surface area contributed by atoms with Crippen molar-refractivity contribution in [2.45, 2.75) is 26.4 Å². The Hall–Kier alpha value is -1.48. The van der Waals surface area contributed by atoms with E-state index >= 15 is 0 Å². The topological polar surface area (TPSA) is 34.4 Å². The Balaban J connectivity index is 2.46. The van der Waals surface area contributed by atoms with E-state index in [1.807, 2.05) is 27.0 Å². The van der Waals surface area contributed by atoms with Crippen LogP contribution in [0, 0.1) is 0 Å². The maximum Gasteiger partial charge on any atom is 0.120 e. The summed E-state index contributed by atoms with van der Waals surface area (Å²) in [6.07, 6.45) is 2.93. The van der Waals surface area contributed by atoms with Crippen molar-refractivity contribution >= 4 is 10.9 Å². The van der Waals surface area contributed by atoms with Crippen LogP contribution in [0.25, 0.3) is 10.9 Å². The molecule has 1 heterocycles. The third-order valence-corrected chi connectivity index (χ3v) is 2.80. The molecule has 0 atom stereocenters. The third-order valence-electron chi connectivity index (χ3n) is 2.80. The zero-order valence-corrected chi connectivity index (χ0v) is 10.6. The van der Waals surface area contributed by atoms with Crippen LogP contribution in [0.3, 0.4) is 0 Å². The Morgan fingerprint density at radius 3 is 2.76 bits per heavy atom.